The van der Waals surface area contributed by atoms with Gasteiger partial charge < -0.3 is 15.4 Å². The first kappa shape index (κ1) is 14.0. The molecule has 0 aliphatic rings. The van der Waals surface area contributed by atoms with Gasteiger partial charge in [-0.3, -0.25) is 4.98 Å². The molecule has 0 radical (unpaired) electrons. The first-order valence-corrected chi connectivity index (χ1v) is 6.32. The Balaban J connectivity index is 1.86. The van der Waals surface area contributed by atoms with Crippen molar-refractivity contribution in [1.82, 2.24) is 10.3 Å². The maximum atomic E-state index is 11.8. The minimum absolute atomic E-state index is 0.167. The summed E-state index contributed by atoms with van der Waals surface area (Å²) in [6.45, 7) is 0.400. The Bertz CT molecular complexity index is 531. The summed E-state index contributed by atoms with van der Waals surface area (Å²) in [7, 11) is 1.63. The van der Waals surface area contributed by atoms with Crippen molar-refractivity contribution >= 4 is 11.7 Å². The molecule has 2 N–H and O–H groups in total. The molecule has 5 heteroatoms. The van der Waals surface area contributed by atoms with Crippen molar-refractivity contribution in [1.29, 1.82) is 0 Å². The third kappa shape index (κ3) is 4.07. The summed E-state index contributed by atoms with van der Waals surface area (Å²) in [6.07, 6.45) is 3.08. The molecular formula is C15H17N3O2. The normalized spacial score (nSPS) is 11.7. The lowest BCUT2D eigenvalue weighted by atomic mass is 10.1. The summed E-state index contributed by atoms with van der Waals surface area (Å²) >= 11 is 0. The van der Waals surface area contributed by atoms with E-state index in [2.05, 4.69) is 15.6 Å². The van der Waals surface area contributed by atoms with Crippen LogP contribution in [0, 0.1) is 0 Å². The highest BCUT2D eigenvalue weighted by Crippen LogP contribution is 2.14. The predicted octanol–water partition coefficient (Wildman–Crippen LogP) is 2.59. The average molecular weight is 271 g/mol. The Hall–Kier alpha value is -2.40. The largest absolute Gasteiger partial charge is 0.375 e. The fraction of sp³-hybridized carbons (Fsp3) is 0.200. The topological polar surface area (TPSA) is 63.2 Å². The molecule has 0 saturated carbocycles. The molecule has 1 unspecified atom stereocenters. The van der Waals surface area contributed by atoms with Gasteiger partial charge in [-0.25, -0.2) is 4.79 Å². The van der Waals surface area contributed by atoms with Crippen molar-refractivity contribution in [3.05, 3.63) is 60.4 Å². The van der Waals surface area contributed by atoms with Crippen molar-refractivity contribution in [3.63, 3.8) is 0 Å². The molecule has 0 spiro atoms. The van der Waals surface area contributed by atoms with Gasteiger partial charge in [0.25, 0.3) is 0 Å². The zero-order chi connectivity index (χ0) is 14.2. The van der Waals surface area contributed by atoms with Crippen LogP contribution < -0.4 is 10.6 Å². The van der Waals surface area contributed by atoms with Crippen LogP contribution in [0.25, 0.3) is 0 Å². The van der Waals surface area contributed by atoms with Crippen molar-refractivity contribution in [2.45, 2.75) is 6.10 Å². The fourth-order valence-electron chi connectivity index (χ4n) is 1.80. The zero-order valence-corrected chi connectivity index (χ0v) is 11.2. The number of aromatic nitrogens is 1. The lowest BCUT2D eigenvalue weighted by molar-refractivity contribution is 0.104. The molecule has 20 heavy (non-hydrogen) atoms. The Morgan fingerprint density at radius 2 is 1.90 bits per heavy atom. The summed E-state index contributed by atoms with van der Waals surface area (Å²) in [5.41, 5.74) is 1.73. The third-order valence-electron chi connectivity index (χ3n) is 2.84. The highest BCUT2D eigenvalue weighted by Gasteiger charge is 2.11. The quantitative estimate of drug-likeness (QED) is 0.878. The first-order chi connectivity index (χ1) is 9.79. The number of carbonyl (C=O) groups excluding carboxylic acids is 1. The van der Waals surface area contributed by atoms with Crippen LogP contribution in [-0.2, 0) is 4.74 Å². The van der Waals surface area contributed by atoms with Crippen LogP contribution in [0.5, 0.6) is 0 Å². The number of ether oxygens (including phenoxy) is 1. The molecule has 2 amide bonds. The minimum atomic E-state index is -0.269. The second-order valence-corrected chi connectivity index (χ2v) is 4.21. The zero-order valence-electron chi connectivity index (χ0n) is 11.2. The first-order valence-electron chi connectivity index (χ1n) is 6.32. The number of methoxy groups -OCH3 is 1. The van der Waals surface area contributed by atoms with E-state index in [1.807, 2.05) is 30.3 Å². The second-order valence-electron chi connectivity index (χ2n) is 4.21. The number of pyridine rings is 1. The number of hydrogen-bond acceptors (Lipinski definition) is 3. The SMILES string of the molecule is COC(CNC(=O)Nc1ccncc1)c1ccccc1. The maximum absolute atomic E-state index is 11.8. The van der Waals surface area contributed by atoms with Crippen LogP contribution in [0.2, 0.25) is 0 Å². The van der Waals surface area contributed by atoms with Crippen LogP contribution in [0.15, 0.2) is 54.9 Å². The Kier molecular flexibility index (Phi) is 5.08. The molecule has 1 atom stereocenters. The predicted molar refractivity (Wildman–Crippen MR) is 77.5 cm³/mol. The summed E-state index contributed by atoms with van der Waals surface area (Å²) in [5.74, 6) is 0. The van der Waals surface area contributed by atoms with Gasteiger partial charge in [0.1, 0.15) is 0 Å². The molecule has 0 aliphatic heterocycles. The van der Waals surface area contributed by atoms with Crippen LogP contribution in [0.1, 0.15) is 11.7 Å². The van der Waals surface area contributed by atoms with Crippen LogP contribution in [0.3, 0.4) is 0 Å². The van der Waals surface area contributed by atoms with Crippen LogP contribution in [0.4, 0.5) is 10.5 Å². The maximum Gasteiger partial charge on any atom is 0.319 e. The molecule has 1 heterocycles. The number of carbonyl (C=O) groups is 1. The third-order valence-corrected chi connectivity index (χ3v) is 2.84. The van der Waals surface area contributed by atoms with E-state index in [-0.39, 0.29) is 12.1 Å². The monoisotopic (exact) mass is 271 g/mol. The Morgan fingerprint density at radius 3 is 2.55 bits per heavy atom. The molecule has 0 fully saturated rings. The molecule has 2 rings (SSSR count). The number of urea groups is 1. The number of anilines is 1. The molecular weight excluding hydrogens is 254 g/mol. The molecule has 2 aromatic rings. The van der Waals surface area contributed by atoms with Crippen molar-refractivity contribution < 1.29 is 9.53 Å². The van der Waals surface area contributed by atoms with Gasteiger partial charge in [0, 0.05) is 31.7 Å². The molecule has 0 bridgehead atoms. The number of benzene rings is 1. The second kappa shape index (κ2) is 7.25. The summed E-state index contributed by atoms with van der Waals surface area (Å²) in [5, 5.41) is 5.51. The van der Waals surface area contributed by atoms with Gasteiger partial charge in [-0.05, 0) is 17.7 Å². The van der Waals surface area contributed by atoms with E-state index in [0.29, 0.717) is 12.2 Å². The van der Waals surface area contributed by atoms with Gasteiger partial charge in [0.05, 0.1) is 6.10 Å². The highest BCUT2D eigenvalue weighted by atomic mass is 16.5. The number of nitrogens with one attached hydrogen (secondary N) is 2. The van der Waals surface area contributed by atoms with Crippen LogP contribution in [-0.4, -0.2) is 24.7 Å². The van der Waals surface area contributed by atoms with E-state index in [1.165, 1.54) is 0 Å². The molecule has 0 aliphatic carbocycles. The van der Waals surface area contributed by atoms with Gasteiger partial charge in [0.2, 0.25) is 0 Å². The highest BCUT2D eigenvalue weighted by molar-refractivity contribution is 5.89. The lowest BCUT2D eigenvalue weighted by Crippen LogP contribution is -2.32. The minimum Gasteiger partial charge on any atom is -0.375 e. The summed E-state index contributed by atoms with van der Waals surface area (Å²) < 4.78 is 5.38. The van der Waals surface area contributed by atoms with Gasteiger partial charge in [-0.2, -0.15) is 0 Å². The fourth-order valence-corrected chi connectivity index (χ4v) is 1.80. The number of rotatable bonds is 5. The smallest absolute Gasteiger partial charge is 0.319 e. The lowest BCUT2D eigenvalue weighted by Gasteiger charge is -2.16. The van der Waals surface area contributed by atoms with E-state index in [0.717, 1.165) is 5.56 Å². The molecule has 1 aromatic carbocycles. The van der Waals surface area contributed by atoms with Crippen LogP contribution >= 0.6 is 0 Å². The number of hydrogen-bond donors (Lipinski definition) is 2. The Labute approximate surface area is 118 Å². The Morgan fingerprint density at radius 1 is 1.20 bits per heavy atom. The van der Waals surface area contributed by atoms with Crippen molar-refractivity contribution in [3.8, 4) is 0 Å². The van der Waals surface area contributed by atoms with Crippen molar-refractivity contribution in [2.24, 2.45) is 0 Å². The van der Waals surface area contributed by atoms with E-state index in [9.17, 15) is 4.79 Å². The van der Waals surface area contributed by atoms with Gasteiger partial charge >= 0.3 is 6.03 Å². The van der Waals surface area contributed by atoms with Gasteiger partial charge in [0.15, 0.2) is 0 Å². The molecule has 0 saturated heterocycles. The molecule has 1 aromatic heterocycles. The van der Waals surface area contributed by atoms with E-state index in [4.69, 9.17) is 4.74 Å². The van der Waals surface area contributed by atoms with E-state index >= 15 is 0 Å². The van der Waals surface area contributed by atoms with Gasteiger partial charge in [-0.1, -0.05) is 30.3 Å². The number of nitrogens with zero attached hydrogens (tertiary/aromatic N) is 1. The average Bonchev–Trinajstić information content (AvgIpc) is 2.50. The number of amides is 2. The standard InChI is InChI=1S/C15H17N3O2/c1-20-14(12-5-3-2-4-6-12)11-17-15(19)18-13-7-9-16-10-8-13/h2-10,14H,11H2,1H3,(H2,16,17,18,19). The molecule has 104 valence electrons. The van der Waals surface area contributed by atoms with E-state index < -0.39 is 0 Å². The summed E-state index contributed by atoms with van der Waals surface area (Å²) in [6, 6.07) is 13.0. The molecule has 5 nitrogen and oxygen atoms in total. The van der Waals surface area contributed by atoms with Gasteiger partial charge in [-0.15, -0.1) is 0 Å². The van der Waals surface area contributed by atoms with Crippen molar-refractivity contribution in [2.75, 3.05) is 19.0 Å². The summed E-state index contributed by atoms with van der Waals surface area (Å²) in [4.78, 5) is 15.7. The van der Waals surface area contributed by atoms with E-state index in [1.54, 1.807) is 31.6 Å².